The molecule has 0 N–H and O–H groups in total. The van der Waals surface area contributed by atoms with Crippen LogP contribution in [-0.2, 0) is 6.42 Å². The zero-order valence-electron chi connectivity index (χ0n) is 13.1. The molecule has 3 rings (SSSR count). The first-order chi connectivity index (χ1) is 11.1. The Morgan fingerprint density at radius 3 is 2.09 bits per heavy atom. The standard InChI is InChI=1S/C20H17F2N/c1-3-14-5-8-15(9-6-14)17-11-19(22)20(23-12-17)16-7-4-13(2)18(21)10-16/h4-12H,3H2,1-2H3. The second-order valence-electron chi connectivity index (χ2n) is 5.57. The fraction of sp³-hybridized carbons (Fsp3) is 0.150. The molecule has 1 nitrogen and oxygen atoms in total. The highest BCUT2D eigenvalue weighted by atomic mass is 19.1. The molecule has 0 atom stereocenters. The molecule has 1 aromatic heterocycles. The van der Waals surface area contributed by atoms with Crippen molar-refractivity contribution < 1.29 is 8.78 Å². The van der Waals surface area contributed by atoms with E-state index in [0.717, 1.165) is 12.0 Å². The third-order valence-electron chi connectivity index (χ3n) is 3.98. The number of aromatic nitrogens is 1. The summed E-state index contributed by atoms with van der Waals surface area (Å²) in [4.78, 5) is 4.20. The number of rotatable bonds is 3. The minimum atomic E-state index is -0.453. The van der Waals surface area contributed by atoms with Gasteiger partial charge in [-0.15, -0.1) is 0 Å². The number of hydrogen-bond donors (Lipinski definition) is 0. The van der Waals surface area contributed by atoms with Crippen LogP contribution in [0.5, 0.6) is 0 Å². The summed E-state index contributed by atoms with van der Waals surface area (Å²) in [6.45, 7) is 3.76. The summed E-state index contributed by atoms with van der Waals surface area (Å²) < 4.78 is 28.1. The van der Waals surface area contributed by atoms with Crippen LogP contribution in [0.15, 0.2) is 54.7 Å². The lowest BCUT2D eigenvalue weighted by Gasteiger charge is -2.07. The normalized spacial score (nSPS) is 10.8. The smallest absolute Gasteiger partial charge is 0.150 e. The van der Waals surface area contributed by atoms with Crippen molar-refractivity contribution in [2.24, 2.45) is 0 Å². The van der Waals surface area contributed by atoms with E-state index in [9.17, 15) is 8.78 Å². The van der Waals surface area contributed by atoms with Crippen LogP contribution in [0.1, 0.15) is 18.1 Å². The van der Waals surface area contributed by atoms with Crippen molar-refractivity contribution in [1.29, 1.82) is 0 Å². The van der Waals surface area contributed by atoms with Crippen molar-refractivity contribution in [2.45, 2.75) is 20.3 Å². The Morgan fingerprint density at radius 2 is 1.48 bits per heavy atom. The summed E-state index contributed by atoms with van der Waals surface area (Å²) in [5, 5.41) is 0. The minimum Gasteiger partial charge on any atom is -0.253 e. The lowest BCUT2D eigenvalue weighted by Crippen LogP contribution is -1.93. The number of pyridine rings is 1. The third-order valence-corrected chi connectivity index (χ3v) is 3.98. The molecule has 0 saturated carbocycles. The number of hydrogen-bond acceptors (Lipinski definition) is 1. The maximum atomic E-state index is 14.4. The van der Waals surface area contributed by atoms with Crippen molar-refractivity contribution in [1.82, 2.24) is 4.98 Å². The lowest BCUT2D eigenvalue weighted by atomic mass is 10.0. The molecule has 0 fully saturated rings. The predicted octanol–water partition coefficient (Wildman–Crippen LogP) is 5.56. The maximum Gasteiger partial charge on any atom is 0.150 e. The van der Waals surface area contributed by atoms with E-state index < -0.39 is 5.82 Å². The van der Waals surface area contributed by atoms with E-state index in [2.05, 4.69) is 11.9 Å². The minimum absolute atomic E-state index is 0.165. The second-order valence-corrected chi connectivity index (χ2v) is 5.57. The van der Waals surface area contributed by atoms with E-state index in [4.69, 9.17) is 0 Å². The molecule has 0 radical (unpaired) electrons. The third kappa shape index (κ3) is 3.14. The molecule has 23 heavy (non-hydrogen) atoms. The van der Waals surface area contributed by atoms with Crippen molar-refractivity contribution in [3.8, 4) is 22.4 Å². The molecule has 0 aliphatic heterocycles. The van der Waals surface area contributed by atoms with E-state index in [1.165, 1.54) is 17.7 Å². The van der Waals surface area contributed by atoms with Gasteiger partial charge in [-0.05, 0) is 42.2 Å². The average molecular weight is 309 g/mol. The van der Waals surface area contributed by atoms with Crippen LogP contribution in [0.2, 0.25) is 0 Å². The van der Waals surface area contributed by atoms with Gasteiger partial charge in [0.2, 0.25) is 0 Å². The van der Waals surface area contributed by atoms with Gasteiger partial charge in [-0.25, -0.2) is 8.78 Å². The lowest BCUT2D eigenvalue weighted by molar-refractivity contribution is 0.616. The molecule has 3 aromatic rings. The molecular formula is C20H17F2N. The SMILES string of the molecule is CCc1ccc(-c2cnc(-c3ccc(C)c(F)c3)c(F)c2)cc1. The van der Waals surface area contributed by atoms with E-state index in [0.29, 0.717) is 16.7 Å². The van der Waals surface area contributed by atoms with Gasteiger partial charge in [0.15, 0.2) is 0 Å². The van der Waals surface area contributed by atoms with Gasteiger partial charge in [0, 0.05) is 17.3 Å². The number of nitrogens with zero attached hydrogens (tertiary/aromatic N) is 1. The molecule has 0 amide bonds. The number of aryl methyl sites for hydroxylation is 2. The van der Waals surface area contributed by atoms with Gasteiger partial charge in [0.1, 0.15) is 17.3 Å². The second kappa shape index (κ2) is 6.29. The van der Waals surface area contributed by atoms with Gasteiger partial charge >= 0.3 is 0 Å². The van der Waals surface area contributed by atoms with Gasteiger partial charge in [-0.3, -0.25) is 4.98 Å². The van der Waals surface area contributed by atoms with Gasteiger partial charge in [0.25, 0.3) is 0 Å². The molecule has 1 heterocycles. The van der Waals surface area contributed by atoms with Crippen LogP contribution in [0, 0.1) is 18.6 Å². The van der Waals surface area contributed by atoms with Crippen molar-refractivity contribution >= 4 is 0 Å². The molecule has 0 aliphatic carbocycles. The van der Waals surface area contributed by atoms with Crippen LogP contribution >= 0.6 is 0 Å². The zero-order valence-corrected chi connectivity index (χ0v) is 13.1. The Bertz CT molecular complexity index is 839. The monoisotopic (exact) mass is 309 g/mol. The predicted molar refractivity (Wildman–Crippen MR) is 89.1 cm³/mol. The van der Waals surface area contributed by atoms with E-state index in [1.54, 1.807) is 25.3 Å². The molecule has 0 bridgehead atoms. The van der Waals surface area contributed by atoms with E-state index >= 15 is 0 Å². The van der Waals surface area contributed by atoms with E-state index in [1.807, 2.05) is 24.3 Å². The van der Waals surface area contributed by atoms with Gasteiger partial charge in [0.05, 0.1) is 0 Å². The van der Waals surface area contributed by atoms with Gasteiger partial charge in [-0.1, -0.05) is 43.3 Å². The number of halogens is 2. The average Bonchev–Trinajstić information content (AvgIpc) is 2.57. The summed E-state index contributed by atoms with van der Waals surface area (Å²) in [5.74, 6) is -0.812. The number of benzene rings is 2. The molecule has 116 valence electrons. The topological polar surface area (TPSA) is 12.9 Å². The van der Waals surface area contributed by atoms with Crippen molar-refractivity contribution in [3.63, 3.8) is 0 Å². The van der Waals surface area contributed by atoms with Crippen LogP contribution < -0.4 is 0 Å². The fourth-order valence-corrected chi connectivity index (χ4v) is 2.48. The molecule has 0 saturated heterocycles. The first-order valence-electron chi connectivity index (χ1n) is 7.60. The van der Waals surface area contributed by atoms with Gasteiger partial charge < -0.3 is 0 Å². The summed E-state index contributed by atoms with van der Waals surface area (Å²) in [5.41, 5.74) is 3.99. The fourth-order valence-electron chi connectivity index (χ4n) is 2.48. The summed E-state index contributed by atoms with van der Waals surface area (Å²) in [6, 6.07) is 14.0. The Morgan fingerprint density at radius 1 is 0.826 bits per heavy atom. The molecule has 2 aromatic carbocycles. The first-order valence-corrected chi connectivity index (χ1v) is 7.60. The summed E-state index contributed by atoms with van der Waals surface area (Å²) >= 11 is 0. The molecule has 3 heteroatoms. The Balaban J connectivity index is 1.98. The quantitative estimate of drug-likeness (QED) is 0.617. The van der Waals surface area contributed by atoms with Crippen LogP contribution in [0.25, 0.3) is 22.4 Å². The first kappa shape index (κ1) is 15.3. The Kier molecular flexibility index (Phi) is 4.20. The molecular weight excluding hydrogens is 292 g/mol. The highest BCUT2D eigenvalue weighted by Crippen LogP contribution is 2.27. The molecule has 0 unspecified atom stereocenters. The van der Waals surface area contributed by atoms with Crippen molar-refractivity contribution in [3.05, 3.63) is 77.5 Å². The highest BCUT2D eigenvalue weighted by Gasteiger charge is 2.11. The van der Waals surface area contributed by atoms with Gasteiger partial charge in [-0.2, -0.15) is 0 Å². The molecule has 0 spiro atoms. The van der Waals surface area contributed by atoms with Crippen LogP contribution in [0.4, 0.5) is 8.78 Å². The summed E-state index contributed by atoms with van der Waals surface area (Å²) in [6.07, 6.45) is 2.59. The van der Waals surface area contributed by atoms with Crippen molar-refractivity contribution in [2.75, 3.05) is 0 Å². The van der Waals surface area contributed by atoms with Crippen LogP contribution in [0.3, 0.4) is 0 Å². The Labute approximate surface area is 134 Å². The zero-order chi connectivity index (χ0) is 16.4. The summed E-state index contributed by atoms with van der Waals surface area (Å²) in [7, 11) is 0. The van der Waals surface area contributed by atoms with E-state index in [-0.39, 0.29) is 11.5 Å². The maximum absolute atomic E-state index is 14.4. The van der Waals surface area contributed by atoms with Crippen LogP contribution in [-0.4, -0.2) is 4.98 Å². The molecule has 0 aliphatic rings. The Hall–Kier alpha value is -2.55. The highest BCUT2D eigenvalue weighted by molar-refractivity contribution is 5.67. The largest absolute Gasteiger partial charge is 0.253 e.